The quantitative estimate of drug-likeness (QED) is 0.189. The van der Waals surface area contributed by atoms with E-state index >= 15 is 0 Å². The number of aliphatic hydroxyl groups is 1. The molecule has 4 heterocycles. The van der Waals surface area contributed by atoms with Crippen LogP contribution < -0.4 is 16.0 Å². The molecule has 0 amide bonds. The fraction of sp³-hybridized carbons (Fsp3) is 0.385. The first-order valence-electron chi connectivity index (χ1n) is 12.4. The Bertz CT molecular complexity index is 1340. The molecule has 196 valence electrons. The van der Waals surface area contributed by atoms with Crippen LogP contribution in [0, 0.1) is 0 Å². The Morgan fingerprint density at radius 3 is 2.76 bits per heavy atom. The van der Waals surface area contributed by atoms with E-state index in [0.29, 0.717) is 31.5 Å². The molecule has 0 fully saturated rings. The molecule has 0 bridgehead atoms. The molecule has 0 unspecified atom stereocenters. The van der Waals surface area contributed by atoms with E-state index in [-0.39, 0.29) is 6.61 Å². The maximum atomic E-state index is 9.25. The van der Waals surface area contributed by atoms with Crippen molar-refractivity contribution >= 4 is 36.6 Å². The molecule has 0 saturated heterocycles. The van der Waals surface area contributed by atoms with Gasteiger partial charge < -0.3 is 30.4 Å². The first kappa shape index (κ1) is 26.5. The summed E-state index contributed by atoms with van der Waals surface area (Å²) >= 11 is 0. The smallest absolute Gasteiger partial charge is 0.148 e. The molecule has 0 radical (unpaired) electrons. The highest BCUT2D eigenvalue weighted by molar-refractivity contribution is 6.76. The first-order chi connectivity index (χ1) is 17.7. The number of hydrogen-bond donors (Lipinski definition) is 3. The van der Waals surface area contributed by atoms with Crippen molar-refractivity contribution < 1.29 is 9.84 Å². The average Bonchev–Trinajstić information content (AvgIpc) is 3.24. The highest BCUT2D eigenvalue weighted by atomic mass is 28.3. The van der Waals surface area contributed by atoms with Gasteiger partial charge in [-0.3, -0.25) is 0 Å². The molecule has 4 aromatic heterocycles. The summed E-state index contributed by atoms with van der Waals surface area (Å²) in [6.07, 6.45) is 5.30. The van der Waals surface area contributed by atoms with Crippen LogP contribution in [0.25, 0.3) is 22.2 Å². The van der Waals surface area contributed by atoms with Crippen molar-refractivity contribution in [2.75, 3.05) is 42.8 Å². The minimum absolute atomic E-state index is 0.0702. The second-order valence-electron chi connectivity index (χ2n) is 10.2. The van der Waals surface area contributed by atoms with Crippen molar-refractivity contribution in [2.24, 2.45) is 0 Å². The number of fused-ring (bicyclic) bond motifs is 1. The number of pyridine rings is 2. The zero-order chi connectivity index (χ0) is 26.4. The van der Waals surface area contributed by atoms with Crippen molar-refractivity contribution in [1.29, 1.82) is 0 Å². The van der Waals surface area contributed by atoms with Crippen LogP contribution in [0.4, 0.5) is 17.5 Å². The molecule has 10 nitrogen and oxygen atoms in total. The molecule has 0 saturated carbocycles. The van der Waals surface area contributed by atoms with Gasteiger partial charge in [0, 0.05) is 46.2 Å². The molecule has 4 rings (SSSR count). The fourth-order valence-corrected chi connectivity index (χ4v) is 4.71. The predicted molar refractivity (Wildman–Crippen MR) is 151 cm³/mol. The van der Waals surface area contributed by atoms with Gasteiger partial charge in [0.15, 0.2) is 0 Å². The molecule has 0 atom stereocenters. The normalized spacial score (nSPS) is 11.7. The van der Waals surface area contributed by atoms with Crippen LogP contribution >= 0.6 is 0 Å². The average molecular weight is 521 g/mol. The van der Waals surface area contributed by atoms with Crippen molar-refractivity contribution in [3.63, 3.8) is 0 Å². The monoisotopic (exact) mass is 520 g/mol. The second-order valence-corrected chi connectivity index (χ2v) is 15.9. The van der Waals surface area contributed by atoms with E-state index in [2.05, 4.69) is 39.9 Å². The summed E-state index contributed by atoms with van der Waals surface area (Å²) in [4.78, 5) is 19.9. The predicted octanol–water partition coefficient (Wildman–Crippen LogP) is 3.82. The summed E-state index contributed by atoms with van der Waals surface area (Å²) in [5.41, 5.74) is 9.52. The van der Waals surface area contributed by atoms with E-state index in [1.807, 2.05) is 53.0 Å². The zero-order valence-corrected chi connectivity index (χ0v) is 23.0. The highest BCUT2D eigenvalue weighted by Gasteiger charge is 2.18. The van der Waals surface area contributed by atoms with Gasteiger partial charge in [-0.05, 0) is 35.9 Å². The summed E-state index contributed by atoms with van der Waals surface area (Å²) in [5.74, 6) is 1.95. The van der Waals surface area contributed by atoms with Crippen LogP contribution in [0.1, 0.15) is 5.69 Å². The van der Waals surface area contributed by atoms with E-state index in [9.17, 15) is 5.11 Å². The van der Waals surface area contributed by atoms with E-state index in [0.717, 1.165) is 46.3 Å². The molecule has 37 heavy (non-hydrogen) atoms. The number of nitrogen functional groups attached to an aromatic ring is 1. The van der Waals surface area contributed by atoms with Gasteiger partial charge in [0.05, 0.1) is 24.2 Å². The standard InChI is InChI=1S/C26H36N8O2Si/c1-33(10-11-35)23-7-5-6-20(32-23)15-29-25-24-21(19-8-9-28-22(27)14-19)16-34(26(24)31-17-30-25)18-36-12-13-37(2,3)4/h5-9,14,16-17,35H,10-13,15,18H2,1-4H3,(H2,27,28)(H,29,30,31). The van der Waals surface area contributed by atoms with Gasteiger partial charge in [0.2, 0.25) is 0 Å². The maximum Gasteiger partial charge on any atom is 0.148 e. The zero-order valence-electron chi connectivity index (χ0n) is 22.0. The molecule has 0 aliphatic carbocycles. The maximum absolute atomic E-state index is 9.25. The Morgan fingerprint density at radius 1 is 1.16 bits per heavy atom. The van der Waals surface area contributed by atoms with Crippen LogP contribution in [0.3, 0.4) is 0 Å². The number of nitrogens with one attached hydrogen (secondary N) is 1. The van der Waals surface area contributed by atoms with Gasteiger partial charge in [-0.1, -0.05) is 25.7 Å². The number of aliphatic hydroxyl groups excluding tert-OH is 1. The summed E-state index contributed by atoms with van der Waals surface area (Å²) in [6.45, 7) is 9.20. The number of nitrogens with two attached hydrogens (primary N) is 1. The van der Waals surface area contributed by atoms with Gasteiger partial charge in [0.25, 0.3) is 0 Å². The van der Waals surface area contributed by atoms with Crippen LogP contribution in [0.5, 0.6) is 0 Å². The molecule has 11 heteroatoms. The summed E-state index contributed by atoms with van der Waals surface area (Å²) < 4.78 is 8.06. The van der Waals surface area contributed by atoms with Gasteiger partial charge in [-0.15, -0.1) is 0 Å². The number of ether oxygens (including phenoxy) is 1. The Labute approximate surface area is 218 Å². The largest absolute Gasteiger partial charge is 0.395 e. The molecule has 0 spiro atoms. The lowest BCUT2D eigenvalue weighted by Crippen LogP contribution is -2.22. The lowest BCUT2D eigenvalue weighted by atomic mass is 10.1. The van der Waals surface area contributed by atoms with Crippen molar-refractivity contribution in [3.8, 4) is 11.1 Å². The molecular formula is C26H36N8O2Si. The van der Waals surface area contributed by atoms with Crippen LogP contribution in [-0.2, 0) is 18.0 Å². The minimum atomic E-state index is -1.18. The molecule has 4 aromatic rings. The number of anilines is 3. The second kappa shape index (κ2) is 11.7. The number of nitrogens with zero attached hydrogens (tertiary/aromatic N) is 6. The van der Waals surface area contributed by atoms with Crippen molar-refractivity contribution in [3.05, 3.63) is 54.7 Å². The molecule has 0 aliphatic rings. The van der Waals surface area contributed by atoms with Crippen molar-refractivity contribution in [2.45, 2.75) is 39.0 Å². The topological polar surface area (TPSA) is 127 Å². The Morgan fingerprint density at radius 2 is 2.00 bits per heavy atom. The fourth-order valence-electron chi connectivity index (χ4n) is 3.95. The third-order valence-corrected chi connectivity index (χ3v) is 7.73. The van der Waals surface area contributed by atoms with E-state index in [1.54, 1.807) is 12.5 Å². The van der Waals surface area contributed by atoms with Crippen molar-refractivity contribution in [1.82, 2.24) is 24.5 Å². The summed E-state index contributed by atoms with van der Waals surface area (Å²) in [6, 6.07) is 10.7. The van der Waals surface area contributed by atoms with Gasteiger partial charge in [0.1, 0.15) is 36.2 Å². The minimum Gasteiger partial charge on any atom is -0.395 e. The van der Waals surface area contributed by atoms with E-state index in [4.69, 9.17) is 15.5 Å². The number of likely N-dealkylation sites (N-methyl/N-ethyl adjacent to an activating group) is 1. The van der Waals surface area contributed by atoms with Gasteiger partial charge in [-0.2, -0.15) is 0 Å². The van der Waals surface area contributed by atoms with Crippen LogP contribution in [0.15, 0.2) is 49.1 Å². The summed E-state index contributed by atoms with van der Waals surface area (Å²) in [7, 11) is 0.725. The number of aromatic nitrogens is 5. The third kappa shape index (κ3) is 6.82. The Kier molecular flexibility index (Phi) is 8.37. The third-order valence-electron chi connectivity index (χ3n) is 6.03. The molecule has 0 aromatic carbocycles. The van der Waals surface area contributed by atoms with E-state index < -0.39 is 8.07 Å². The lowest BCUT2D eigenvalue weighted by molar-refractivity contribution is 0.0899. The van der Waals surface area contributed by atoms with E-state index in [1.165, 1.54) is 0 Å². The van der Waals surface area contributed by atoms with Gasteiger partial charge >= 0.3 is 0 Å². The number of rotatable bonds is 12. The SMILES string of the molecule is CN(CCO)c1cccc(CNc2ncnc3c2c(-c2ccnc(N)c2)cn3COCC[Si](C)(C)C)n1. The highest BCUT2D eigenvalue weighted by Crippen LogP contribution is 2.34. The Hall–Kier alpha value is -3.54. The van der Waals surface area contributed by atoms with Crippen LogP contribution in [-0.4, -0.2) is 64.5 Å². The van der Waals surface area contributed by atoms with Crippen LogP contribution in [0.2, 0.25) is 25.7 Å². The molecule has 0 aliphatic heterocycles. The first-order valence-corrected chi connectivity index (χ1v) is 16.1. The molecular weight excluding hydrogens is 484 g/mol. The van der Waals surface area contributed by atoms with Gasteiger partial charge in [-0.25, -0.2) is 19.9 Å². The summed E-state index contributed by atoms with van der Waals surface area (Å²) in [5, 5.41) is 13.6. The lowest BCUT2D eigenvalue weighted by Gasteiger charge is -2.17. The number of hydrogen-bond acceptors (Lipinski definition) is 9. The Balaban J connectivity index is 1.64. The molecule has 4 N–H and O–H groups in total.